The Morgan fingerprint density at radius 3 is 2.82 bits per heavy atom. The zero-order chi connectivity index (χ0) is 12.4. The molecule has 0 spiro atoms. The third kappa shape index (κ3) is 2.25. The number of aromatic nitrogens is 1. The zero-order valence-corrected chi connectivity index (χ0v) is 10.2. The highest BCUT2D eigenvalue weighted by atomic mass is 16.5. The molecule has 0 aliphatic carbocycles. The fourth-order valence-electron chi connectivity index (χ4n) is 1.66. The smallest absolute Gasteiger partial charge is 0.198 e. The van der Waals surface area contributed by atoms with E-state index in [1.165, 1.54) is 0 Å². The van der Waals surface area contributed by atoms with Crippen molar-refractivity contribution in [3.63, 3.8) is 0 Å². The lowest BCUT2D eigenvalue weighted by Gasteiger charge is -1.99. The van der Waals surface area contributed by atoms with Gasteiger partial charge in [-0.25, -0.2) is 0 Å². The summed E-state index contributed by atoms with van der Waals surface area (Å²) in [4.78, 5) is 7.20. The molecule has 0 aliphatic heterocycles. The summed E-state index contributed by atoms with van der Waals surface area (Å²) in [6.45, 7) is 3.98. The fourth-order valence-corrected chi connectivity index (χ4v) is 1.66. The van der Waals surface area contributed by atoms with Crippen LogP contribution in [0.25, 0.3) is 10.9 Å². The predicted octanol–water partition coefficient (Wildman–Crippen LogP) is 2.71. The molecule has 0 fully saturated rings. The highest BCUT2D eigenvalue weighted by molar-refractivity contribution is 6.02. The largest absolute Gasteiger partial charge is 0.497 e. The van der Waals surface area contributed by atoms with Crippen molar-refractivity contribution in [1.82, 2.24) is 4.98 Å². The Balaban J connectivity index is 2.56. The maximum Gasteiger partial charge on any atom is 0.198 e. The number of fused-ring (bicyclic) bond motifs is 1. The number of aliphatic imine (C=N–C) groups is 1. The van der Waals surface area contributed by atoms with Crippen LogP contribution in [0.15, 0.2) is 23.2 Å². The average Bonchev–Trinajstić information content (AvgIpc) is 2.61. The second-order valence-corrected chi connectivity index (χ2v) is 4.17. The van der Waals surface area contributed by atoms with Gasteiger partial charge in [-0.3, -0.25) is 4.99 Å². The van der Waals surface area contributed by atoms with Crippen LogP contribution in [-0.2, 0) is 0 Å². The van der Waals surface area contributed by atoms with Gasteiger partial charge < -0.3 is 14.8 Å². The monoisotopic (exact) mass is 232 g/mol. The first kappa shape index (κ1) is 11.5. The van der Waals surface area contributed by atoms with Crippen LogP contribution >= 0.6 is 0 Å². The number of hydrogen-bond acceptors (Lipinski definition) is 3. The van der Waals surface area contributed by atoms with Crippen LogP contribution in [0.5, 0.6) is 11.6 Å². The van der Waals surface area contributed by atoms with Gasteiger partial charge in [0.15, 0.2) is 5.88 Å². The topological polar surface area (TPSA) is 57.6 Å². The lowest BCUT2D eigenvalue weighted by Crippen LogP contribution is -1.90. The van der Waals surface area contributed by atoms with Crippen molar-refractivity contribution in [3.05, 3.63) is 23.8 Å². The van der Waals surface area contributed by atoms with Gasteiger partial charge in [0.05, 0.1) is 12.7 Å². The number of rotatable bonds is 3. The molecule has 2 rings (SSSR count). The van der Waals surface area contributed by atoms with Crippen molar-refractivity contribution < 1.29 is 9.84 Å². The summed E-state index contributed by atoms with van der Waals surface area (Å²) in [7, 11) is 1.62. The number of aromatic hydroxyl groups is 1. The molecule has 0 saturated heterocycles. The van der Waals surface area contributed by atoms with Crippen molar-refractivity contribution in [2.45, 2.75) is 19.9 Å². The molecule has 1 aromatic carbocycles. The Morgan fingerprint density at radius 1 is 1.41 bits per heavy atom. The summed E-state index contributed by atoms with van der Waals surface area (Å²) in [5.41, 5.74) is 1.57. The van der Waals surface area contributed by atoms with Crippen LogP contribution in [-0.4, -0.2) is 29.5 Å². The molecule has 0 amide bonds. The van der Waals surface area contributed by atoms with Gasteiger partial charge in [0, 0.05) is 23.2 Å². The van der Waals surface area contributed by atoms with E-state index in [1.54, 1.807) is 13.3 Å². The van der Waals surface area contributed by atoms with Gasteiger partial charge in [0.1, 0.15) is 5.75 Å². The van der Waals surface area contributed by atoms with E-state index < -0.39 is 0 Å². The van der Waals surface area contributed by atoms with Crippen LogP contribution in [0.2, 0.25) is 0 Å². The van der Waals surface area contributed by atoms with Crippen LogP contribution in [0.3, 0.4) is 0 Å². The molecular formula is C13H16N2O2. The zero-order valence-electron chi connectivity index (χ0n) is 10.2. The van der Waals surface area contributed by atoms with Crippen LogP contribution in [0, 0.1) is 0 Å². The molecule has 2 aromatic rings. The van der Waals surface area contributed by atoms with E-state index in [4.69, 9.17) is 4.74 Å². The molecule has 4 heteroatoms. The van der Waals surface area contributed by atoms with Crippen molar-refractivity contribution >= 4 is 17.1 Å². The Labute approximate surface area is 100.0 Å². The molecule has 0 radical (unpaired) electrons. The van der Waals surface area contributed by atoms with Gasteiger partial charge >= 0.3 is 0 Å². The van der Waals surface area contributed by atoms with Crippen molar-refractivity contribution in [2.24, 2.45) is 4.99 Å². The summed E-state index contributed by atoms with van der Waals surface area (Å²) < 4.78 is 5.17. The van der Waals surface area contributed by atoms with Gasteiger partial charge in [0.2, 0.25) is 0 Å². The molecule has 0 atom stereocenters. The van der Waals surface area contributed by atoms with Gasteiger partial charge in [-0.2, -0.15) is 0 Å². The second kappa shape index (κ2) is 4.49. The van der Waals surface area contributed by atoms with Gasteiger partial charge in [-0.05, 0) is 32.0 Å². The maximum atomic E-state index is 9.82. The summed E-state index contributed by atoms with van der Waals surface area (Å²) in [6.07, 6.45) is 1.69. The van der Waals surface area contributed by atoms with E-state index in [0.29, 0.717) is 5.56 Å². The molecule has 0 bridgehead atoms. The van der Waals surface area contributed by atoms with Crippen LogP contribution in [0.4, 0.5) is 0 Å². The van der Waals surface area contributed by atoms with Crippen LogP contribution < -0.4 is 4.74 Å². The number of benzene rings is 1. The first-order valence-corrected chi connectivity index (χ1v) is 5.53. The minimum atomic E-state index is 0.137. The molecule has 90 valence electrons. The maximum absolute atomic E-state index is 9.82. The van der Waals surface area contributed by atoms with Gasteiger partial charge in [-0.1, -0.05) is 0 Å². The Bertz CT molecular complexity index is 556. The highest BCUT2D eigenvalue weighted by Crippen LogP contribution is 2.28. The molecule has 4 nitrogen and oxygen atoms in total. The summed E-state index contributed by atoms with van der Waals surface area (Å²) in [6, 6.07) is 5.81. The first-order valence-electron chi connectivity index (χ1n) is 5.53. The van der Waals surface area contributed by atoms with Crippen molar-refractivity contribution in [2.75, 3.05) is 7.11 Å². The average molecular weight is 232 g/mol. The lowest BCUT2D eigenvalue weighted by molar-refractivity contribution is 0.415. The van der Waals surface area contributed by atoms with E-state index in [-0.39, 0.29) is 11.9 Å². The summed E-state index contributed by atoms with van der Waals surface area (Å²) in [5, 5.41) is 10.7. The van der Waals surface area contributed by atoms with Crippen molar-refractivity contribution in [1.29, 1.82) is 0 Å². The Morgan fingerprint density at radius 2 is 2.18 bits per heavy atom. The Kier molecular flexibility index (Phi) is 3.04. The number of aromatic amines is 1. The number of ether oxygens (including phenoxy) is 1. The molecule has 0 unspecified atom stereocenters. The number of hydrogen-bond donors (Lipinski definition) is 2. The molecule has 1 heterocycles. The molecule has 0 aliphatic rings. The number of methoxy groups -OCH3 is 1. The number of nitrogens with zero attached hydrogens (tertiary/aromatic N) is 1. The first-order chi connectivity index (χ1) is 8.11. The van der Waals surface area contributed by atoms with E-state index in [9.17, 15) is 5.11 Å². The van der Waals surface area contributed by atoms with E-state index in [2.05, 4.69) is 9.98 Å². The quantitative estimate of drug-likeness (QED) is 0.799. The SMILES string of the molecule is COc1ccc2[nH]c(O)c(C=NC(C)C)c2c1. The van der Waals surface area contributed by atoms with Gasteiger partial charge in [0.25, 0.3) is 0 Å². The van der Waals surface area contributed by atoms with E-state index in [0.717, 1.165) is 16.7 Å². The molecule has 0 saturated carbocycles. The number of H-pyrrole nitrogens is 1. The highest BCUT2D eigenvalue weighted by Gasteiger charge is 2.09. The number of nitrogens with one attached hydrogen (secondary N) is 1. The third-order valence-electron chi connectivity index (χ3n) is 2.53. The van der Waals surface area contributed by atoms with Gasteiger partial charge in [-0.15, -0.1) is 0 Å². The molecule has 1 aromatic heterocycles. The molecular weight excluding hydrogens is 216 g/mol. The van der Waals surface area contributed by atoms with E-state index in [1.807, 2.05) is 32.0 Å². The fraction of sp³-hybridized carbons (Fsp3) is 0.308. The Hall–Kier alpha value is -1.97. The normalized spacial score (nSPS) is 11.8. The minimum Gasteiger partial charge on any atom is -0.497 e. The third-order valence-corrected chi connectivity index (χ3v) is 2.53. The van der Waals surface area contributed by atoms with Crippen molar-refractivity contribution in [3.8, 4) is 11.6 Å². The van der Waals surface area contributed by atoms with E-state index >= 15 is 0 Å². The molecule has 17 heavy (non-hydrogen) atoms. The predicted molar refractivity (Wildman–Crippen MR) is 69.2 cm³/mol. The second-order valence-electron chi connectivity index (χ2n) is 4.17. The molecule has 2 N–H and O–H groups in total. The summed E-state index contributed by atoms with van der Waals surface area (Å²) >= 11 is 0. The van der Waals surface area contributed by atoms with Crippen LogP contribution in [0.1, 0.15) is 19.4 Å². The summed E-state index contributed by atoms with van der Waals surface area (Å²) in [5.74, 6) is 0.897. The lowest BCUT2D eigenvalue weighted by atomic mass is 10.1. The minimum absolute atomic E-state index is 0.137. The standard InChI is InChI=1S/C13H16N2O2/c1-8(2)14-7-11-10-6-9(17-3)4-5-12(10)15-13(11)16/h4-8,15-16H,1-3H3.